The molecule has 1 aliphatic heterocycles. The summed E-state index contributed by atoms with van der Waals surface area (Å²) in [5.41, 5.74) is 13.0. The molecule has 0 unspecified atom stereocenters. The SMILES string of the molecule is CC1=C(c2cccc(-c3cccc(-c4ccc5c(c4)c4ccccc4c4nccnc54)c3)c2)C/C=C(\c2ccccc2)N=CCC1. The van der Waals surface area contributed by atoms with E-state index >= 15 is 0 Å². The topological polar surface area (TPSA) is 38.1 Å². The van der Waals surface area contributed by atoms with Crippen LogP contribution in [0.3, 0.4) is 0 Å². The van der Waals surface area contributed by atoms with Gasteiger partial charge in [-0.05, 0) is 94.1 Å². The Morgan fingerprint density at radius 1 is 0.500 bits per heavy atom. The molecule has 0 aliphatic carbocycles. The minimum atomic E-state index is 0.848. The Kier molecular flexibility index (Phi) is 7.28. The molecule has 1 aromatic heterocycles. The smallest absolute Gasteiger partial charge is 0.0971 e. The molecule has 6 aromatic carbocycles. The van der Waals surface area contributed by atoms with E-state index in [-0.39, 0.29) is 0 Å². The van der Waals surface area contributed by atoms with Crippen LogP contribution in [0.15, 0.2) is 150 Å². The summed E-state index contributed by atoms with van der Waals surface area (Å²) < 4.78 is 0. The zero-order valence-corrected chi connectivity index (χ0v) is 25.8. The molecule has 220 valence electrons. The molecule has 3 nitrogen and oxygen atoms in total. The van der Waals surface area contributed by atoms with Crippen molar-refractivity contribution in [3.8, 4) is 22.3 Å². The standard InChI is InChI=1S/C43H33N3/c1-29-10-9-23-44-41(30-11-3-2-4-12-30)22-21-36(29)35-16-8-15-33(27-35)31-13-7-14-32(26-31)34-19-20-39-40(28-34)37-17-5-6-18-38(37)42-43(39)46-25-24-45-42/h2-8,11-20,22-28H,9-10,21H2,1H3/b36-29?,41-22+,44-23?. The third-order valence-corrected chi connectivity index (χ3v) is 9.15. The van der Waals surface area contributed by atoms with Crippen molar-refractivity contribution in [2.75, 3.05) is 0 Å². The maximum absolute atomic E-state index is 4.83. The lowest BCUT2D eigenvalue weighted by atomic mass is 9.91. The van der Waals surface area contributed by atoms with Crippen LogP contribution in [-0.2, 0) is 0 Å². The molecule has 0 atom stereocenters. The van der Waals surface area contributed by atoms with Crippen LogP contribution in [0.25, 0.3) is 66.1 Å². The zero-order chi connectivity index (χ0) is 30.9. The number of aliphatic imine (C=N–C) groups is 1. The summed E-state index contributed by atoms with van der Waals surface area (Å²) in [5, 5.41) is 4.66. The van der Waals surface area contributed by atoms with Gasteiger partial charge in [0.05, 0.1) is 16.7 Å². The molecule has 0 spiro atoms. The number of rotatable bonds is 4. The molecular weight excluding hydrogens is 558 g/mol. The van der Waals surface area contributed by atoms with E-state index in [9.17, 15) is 0 Å². The third kappa shape index (κ3) is 5.20. The van der Waals surface area contributed by atoms with Crippen LogP contribution in [0.5, 0.6) is 0 Å². The van der Waals surface area contributed by atoms with Crippen molar-refractivity contribution in [1.29, 1.82) is 0 Å². The number of hydrogen-bond donors (Lipinski definition) is 0. The van der Waals surface area contributed by atoms with Gasteiger partial charge in [0.15, 0.2) is 0 Å². The summed E-state index contributed by atoms with van der Waals surface area (Å²) in [7, 11) is 0. The molecule has 46 heavy (non-hydrogen) atoms. The van der Waals surface area contributed by atoms with E-state index in [1.807, 2.05) is 0 Å². The number of benzene rings is 6. The van der Waals surface area contributed by atoms with Crippen LogP contribution in [0, 0.1) is 0 Å². The van der Waals surface area contributed by atoms with Crippen molar-refractivity contribution in [2.24, 2.45) is 4.99 Å². The zero-order valence-electron chi connectivity index (χ0n) is 25.8. The van der Waals surface area contributed by atoms with Crippen LogP contribution >= 0.6 is 0 Å². The predicted molar refractivity (Wildman–Crippen MR) is 195 cm³/mol. The number of allylic oxidation sites excluding steroid dienone is 3. The van der Waals surface area contributed by atoms with Gasteiger partial charge in [0.2, 0.25) is 0 Å². The fraction of sp³-hybridized carbons (Fsp3) is 0.0930. The molecule has 0 amide bonds. The molecule has 0 fully saturated rings. The van der Waals surface area contributed by atoms with E-state index < -0.39 is 0 Å². The van der Waals surface area contributed by atoms with Crippen molar-refractivity contribution in [3.63, 3.8) is 0 Å². The van der Waals surface area contributed by atoms with E-state index in [2.05, 4.69) is 146 Å². The lowest BCUT2D eigenvalue weighted by molar-refractivity contribution is 1.02. The fourth-order valence-electron chi connectivity index (χ4n) is 6.76. The summed E-state index contributed by atoms with van der Waals surface area (Å²) in [6.07, 6.45) is 10.7. The molecule has 0 saturated heterocycles. The van der Waals surface area contributed by atoms with Gasteiger partial charge in [0, 0.05) is 29.4 Å². The maximum Gasteiger partial charge on any atom is 0.0971 e. The molecular formula is C43H33N3. The van der Waals surface area contributed by atoms with Gasteiger partial charge in [-0.15, -0.1) is 0 Å². The van der Waals surface area contributed by atoms with Gasteiger partial charge in [-0.3, -0.25) is 15.0 Å². The largest absolute Gasteiger partial charge is 0.261 e. The Morgan fingerprint density at radius 2 is 1.09 bits per heavy atom. The average Bonchev–Trinajstić information content (AvgIpc) is 3.22. The minimum absolute atomic E-state index is 0.848. The van der Waals surface area contributed by atoms with Gasteiger partial charge < -0.3 is 0 Å². The highest BCUT2D eigenvalue weighted by Gasteiger charge is 2.13. The van der Waals surface area contributed by atoms with E-state index in [1.165, 1.54) is 49.7 Å². The molecule has 7 aromatic rings. The van der Waals surface area contributed by atoms with E-state index in [0.717, 1.165) is 52.3 Å². The summed E-state index contributed by atoms with van der Waals surface area (Å²) in [6, 6.07) is 43.7. The van der Waals surface area contributed by atoms with Gasteiger partial charge in [-0.1, -0.05) is 115 Å². The molecule has 2 heterocycles. The van der Waals surface area contributed by atoms with Gasteiger partial charge in [0.25, 0.3) is 0 Å². The Hall–Kier alpha value is -5.67. The molecule has 3 heteroatoms. The number of nitrogens with zero attached hydrogens (tertiary/aromatic N) is 3. The van der Waals surface area contributed by atoms with Crippen molar-refractivity contribution in [1.82, 2.24) is 9.97 Å². The predicted octanol–water partition coefficient (Wildman–Crippen LogP) is 11.3. The maximum atomic E-state index is 4.83. The number of fused-ring (bicyclic) bond motifs is 6. The Morgan fingerprint density at radius 3 is 1.83 bits per heavy atom. The molecule has 0 saturated carbocycles. The summed E-state index contributed by atoms with van der Waals surface area (Å²) in [4.78, 5) is 14.2. The number of aromatic nitrogens is 2. The van der Waals surface area contributed by atoms with Crippen LogP contribution in [-0.4, -0.2) is 16.2 Å². The molecule has 0 N–H and O–H groups in total. The van der Waals surface area contributed by atoms with Crippen molar-refractivity contribution in [2.45, 2.75) is 26.2 Å². The normalized spacial score (nSPS) is 15.0. The van der Waals surface area contributed by atoms with Crippen LogP contribution < -0.4 is 0 Å². The van der Waals surface area contributed by atoms with Crippen LogP contribution in [0.1, 0.15) is 37.3 Å². The Balaban J connectivity index is 1.17. The van der Waals surface area contributed by atoms with Gasteiger partial charge in [-0.25, -0.2) is 0 Å². The first-order chi connectivity index (χ1) is 22.7. The minimum Gasteiger partial charge on any atom is -0.261 e. The van der Waals surface area contributed by atoms with Gasteiger partial charge >= 0.3 is 0 Å². The summed E-state index contributed by atoms with van der Waals surface area (Å²) in [5.74, 6) is 0. The second-order valence-corrected chi connectivity index (χ2v) is 12.0. The highest BCUT2D eigenvalue weighted by molar-refractivity contribution is 6.23. The number of hydrogen-bond acceptors (Lipinski definition) is 3. The van der Waals surface area contributed by atoms with Gasteiger partial charge in [0.1, 0.15) is 0 Å². The first-order valence-electron chi connectivity index (χ1n) is 16.0. The lowest BCUT2D eigenvalue weighted by Gasteiger charge is -2.14. The fourth-order valence-corrected chi connectivity index (χ4v) is 6.76. The van der Waals surface area contributed by atoms with Crippen molar-refractivity contribution >= 4 is 50.1 Å². The van der Waals surface area contributed by atoms with Crippen molar-refractivity contribution in [3.05, 3.63) is 156 Å². The quantitative estimate of drug-likeness (QED) is 0.191. The molecule has 1 aliphatic rings. The summed E-state index contributed by atoms with van der Waals surface area (Å²) in [6.45, 7) is 2.27. The monoisotopic (exact) mass is 591 g/mol. The average molecular weight is 592 g/mol. The second-order valence-electron chi connectivity index (χ2n) is 12.0. The van der Waals surface area contributed by atoms with Crippen LogP contribution in [0.4, 0.5) is 0 Å². The lowest BCUT2D eigenvalue weighted by Crippen LogP contribution is -1.91. The summed E-state index contributed by atoms with van der Waals surface area (Å²) >= 11 is 0. The second kappa shape index (κ2) is 12.0. The first-order valence-corrected chi connectivity index (χ1v) is 16.0. The highest BCUT2D eigenvalue weighted by atomic mass is 14.8. The van der Waals surface area contributed by atoms with Gasteiger partial charge in [-0.2, -0.15) is 0 Å². The third-order valence-electron chi connectivity index (χ3n) is 9.15. The van der Waals surface area contributed by atoms with Crippen molar-refractivity contribution < 1.29 is 0 Å². The Labute approximate surface area is 269 Å². The molecule has 8 rings (SSSR count). The van der Waals surface area contributed by atoms with Crippen LogP contribution in [0.2, 0.25) is 0 Å². The first kappa shape index (κ1) is 27.8. The molecule has 0 radical (unpaired) electrons. The highest BCUT2D eigenvalue weighted by Crippen LogP contribution is 2.37. The van der Waals surface area contributed by atoms with E-state index in [4.69, 9.17) is 9.98 Å². The van der Waals surface area contributed by atoms with E-state index in [0.29, 0.717) is 0 Å². The van der Waals surface area contributed by atoms with E-state index in [1.54, 1.807) is 12.4 Å². The Bertz CT molecular complexity index is 2310. The molecule has 0 bridgehead atoms.